The Morgan fingerprint density at radius 1 is 1.20 bits per heavy atom. The van der Waals surface area contributed by atoms with Crippen LogP contribution in [0.4, 0.5) is 0 Å². The SMILES string of the molecule is CCCCC(CCCCO[C@@H]1CCCC[C@H]1O)C(C)=O. The van der Waals surface area contributed by atoms with Crippen LogP contribution in [-0.4, -0.2) is 29.7 Å². The molecule has 3 nitrogen and oxygen atoms in total. The van der Waals surface area contributed by atoms with Crippen LogP contribution in [0.15, 0.2) is 0 Å². The van der Waals surface area contributed by atoms with Crippen LogP contribution >= 0.6 is 0 Å². The number of unbranched alkanes of at least 4 members (excludes halogenated alkanes) is 2. The number of aliphatic hydroxyl groups excluding tert-OH is 1. The van der Waals surface area contributed by atoms with Gasteiger partial charge in [-0.2, -0.15) is 0 Å². The molecule has 1 aliphatic rings. The molecule has 1 fully saturated rings. The molecule has 3 heteroatoms. The molecule has 0 radical (unpaired) electrons. The van der Waals surface area contributed by atoms with Gasteiger partial charge < -0.3 is 9.84 Å². The summed E-state index contributed by atoms with van der Waals surface area (Å²) < 4.78 is 5.78. The standard InChI is InChI=1S/C17H32O3/c1-3-4-9-15(14(2)18)10-7-8-13-20-17-12-6-5-11-16(17)19/h15-17,19H,3-13H2,1-2H3/t15?,16-,17-/m1/s1. The third-order valence-electron chi connectivity index (χ3n) is 4.43. The first-order valence-electron chi connectivity index (χ1n) is 8.45. The Morgan fingerprint density at radius 2 is 1.90 bits per heavy atom. The lowest BCUT2D eigenvalue weighted by Gasteiger charge is -2.27. The van der Waals surface area contributed by atoms with Gasteiger partial charge in [-0.25, -0.2) is 0 Å². The van der Waals surface area contributed by atoms with Crippen molar-refractivity contribution in [3.63, 3.8) is 0 Å². The maximum absolute atomic E-state index is 11.5. The highest BCUT2D eigenvalue weighted by Gasteiger charge is 2.23. The third-order valence-corrected chi connectivity index (χ3v) is 4.43. The normalized spacial score (nSPS) is 24.6. The molecule has 0 aromatic carbocycles. The third kappa shape index (κ3) is 6.85. The fourth-order valence-corrected chi connectivity index (χ4v) is 3.00. The molecule has 0 aliphatic heterocycles. The number of Topliss-reactive ketones (excluding diaryl/α,β-unsaturated/α-hetero) is 1. The molecular formula is C17H32O3. The second-order valence-corrected chi connectivity index (χ2v) is 6.21. The molecule has 20 heavy (non-hydrogen) atoms. The highest BCUT2D eigenvalue weighted by atomic mass is 16.5. The van der Waals surface area contributed by atoms with Crippen LogP contribution < -0.4 is 0 Å². The van der Waals surface area contributed by atoms with Crippen LogP contribution in [-0.2, 0) is 9.53 Å². The minimum Gasteiger partial charge on any atom is -0.390 e. The highest BCUT2D eigenvalue weighted by Crippen LogP contribution is 2.22. The van der Waals surface area contributed by atoms with E-state index in [1.165, 1.54) is 6.42 Å². The number of hydrogen-bond donors (Lipinski definition) is 1. The number of ether oxygens (including phenoxy) is 1. The van der Waals surface area contributed by atoms with Crippen molar-refractivity contribution in [1.29, 1.82) is 0 Å². The molecule has 0 spiro atoms. The minimum absolute atomic E-state index is 0.0486. The summed E-state index contributed by atoms with van der Waals surface area (Å²) >= 11 is 0. The first kappa shape index (κ1) is 17.6. The van der Waals surface area contributed by atoms with E-state index < -0.39 is 0 Å². The second kappa shape index (κ2) is 10.3. The molecule has 0 aromatic rings. The van der Waals surface area contributed by atoms with Crippen LogP contribution in [0.5, 0.6) is 0 Å². The fourth-order valence-electron chi connectivity index (χ4n) is 3.00. The number of carbonyl (C=O) groups excluding carboxylic acids is 1. The number of hydrogen-bond acceptors (Lipinski definition) is 3. The van der Waals surface area contributed by atoms with Gasteiger partial charge in [-0.05, 0) is 39.0 Å². The van der Waals surface area contributed by atoms with E-state index >= 15 is 0 Å². The molecule has 1 unspecified atom stereocenters. The molecular weight excluding hydrogens is 252 g/mol. The zero-order chi connectivity index (χ0) is 14.8. The first-order valence-corrected chi connectivity index (χ1v) is 8.45. The summed E-state index contributed by atoms with van der Waals surface area (Å²) in [7, 11) is 0. The van der Waals surface area contributed by atoms with Gasteiger partial charge in [-0.1, -0.05) is 39.0 Å². The van der Waals surface area contributed by atoms with Crippen LogP contribution in [0, 0.1) is 5.92 Å². The van der Waals surface area contributed by atoms with Crippen molar-refractivity contribution in [3.8, 4) is 0 Å². The van der Waals surface area contributed by atoms with Crippen molar-refractivity contribution in [2.45, 2.75) is 90.3 Å². The van der Waals surface area contributed by atoms with Crippen LogP contribution in [0.3, 0.4) is 0 Å². The summed E-state index contributed by atoms with van der Waals surface area (Å²) in [6.07, 6.45) is 10.3. The fraction of sp³-hybridized carbons (Fsp3) is 0.941. The van der Waals surface area contributed by atoms with Gasteiger partial charge in [0, 0.05) is 12.5 Å². The molecule has 3 atom stereocenters. The monoisotopic (exact) mass is 284 g/mol. The van der Waals surface area contributed by atoms with Gasteiger partial charge >= 0.3 is 0 Å². The Kier molecular flexibility index (Phi) is 9.12. The minimum atomic E-state index is -0.265. The van der Waals surface area contributed by atoms with E-state index in [0.717, 1.165) is 64.4 Å². The Bertz CT molecular complexity index is 265. The number of rotatable bonds is 10. The molecule has 0 bridgehead atoms. The number of ketones is 1. The van der Waals surface area contributed by atoms with Crippen molar-refractivity contribution in [1.82, 2.24) is 0 Å². The molecule has 1 rings (SSSR count). The van der Waals surface area contributed by atoms with Gasteiger partial charge in [0.15, 0.2) is 0 Å². The summed E-state index contributed by atoms with van der Waals surface area (Å²) in [5.41, 5.74) is 0. The summed E-state index contributed by atoms with van der Waals surface area (Å²) in [6, 6.07) is 0. The number of carbonyl (C=O) groups is 1. The average Bonchev–Trinajstić information content (AvgIpc) is 2.43. The summed E-state index contributed by atoms with van der Waals surface area (Å²) in [6.45, 7) is 4.61. The van der Waals surface area contributed by atoms with E-state index in [9.17, 15) is 9.90 Å². The van der Waals surface area contributed by atoms with Gasteiger partial charge in [0.25, 0.3) is 0 Å². The number of aliphatic hydroxyl groups is 1. The Morgan fingerprint density at radius 3 is 2.55 bits per heavy atom. The molecule has 1 N–H and O–H groups in total. The summed E-state index contributed by atoms with van der Waals surface area (Å²) in [4.78, 5) is 11.5. The van der Waals surface area contributed by atoms with Crippen molar-refractivity contribution in [3.05, 3.63) is 0 Å². The molecule has 1 aliphatic carbocycles. The van der Waals surface area contributed by atoms with E-state index in [2.05, 4.69) is 6.92 Å². The molecule has 0 heterocycles. The van der Waals surface area contributed by atoms with Crippen molar-refractivity contribution >= 4 is 5.78 Å². The zero-order valence-corrected chi connectivity index (χ0v) is 13.3. The lowest BCUT2D eigenvalue weighted by atomic mass is 9.92. The predicted molar refractivity (Wildman–Crippen MR) is 81.8 cm³/mol. The maximum Gasteiger partial charge on any atom is 0.132 e. The van der Waals surface area contributed by atoms with E-state index in [-0.39, 0.29) is 18.1 Å². The molecule has 0 amide bonds. The zero-order valence-electron chi connectivity index (χ0n) is 13.3. The Hall–Kier alpha value is -0.410. The quantitative estimate of drug-likeness (QED) is 0.619. The Balaban J connectivity index is 2.09. The molecule has 1 saturated carbocycles. The maximum atomic E-state index is 11.5. The van der Waals surface area contributed by atoms with Crippen molar-refractivity contribution in [2.24, 2.45) is 5.92 Å². The molecule has 118 valence electrons. The predicted octanol–water partition coefficient (Wildman–Crippen LogP) is 3.87. The average molecular weight is 284 g/mol. The highest BCUT2D eigenvalue weighted by molar-refractivity contribution is 5.78. The summed E-state index contributed by atoms with van der Waals surface area (Å²) in [5.74, 6) is 0.581. The lowest BCUT2D eigenvalue weighted by molar-refractivity contribution is -0.121. The van der Waals surface area contributed by atoms with E-state index in [1.807, 2.05) is 0 Å². The van der Waals surface area contributed by atoms with Crippen LogP contribution in [0.1, 0.15) is 78.1 Å². The topological polar surface area (TPSA) is 46.5 Å². The largest absolute Gasteiger partial charge is 0.390 e. The van der Waals surface area contributed by atoms with Gasteiger partial charge in [0.05, 0.1) is 12.2 Å². The van der Waals surface area contributed by atoms with Gasteiger partial charge in [-0.15, -0.1) is 0 Å². The second-order valence-electron chi connectivity index (χ2n) is 6.21. The molecule has 0 aromatic heterocycles. The van der Waals surface area contributed by atoms with Crippen LogP contribution in [0.25, 0.3) is 0 Å². The Labute approximate surface area is 124 Å². The van der Waals surface area contributed by atoms with E-state index in [1.54, 1.807) is 6.92 Å². The van der Waals surface area contributed by atoms with Crippen molar-refractivity contribution < 1.29 is 14.6 Å². The lowest BCUT2D eigenvalue weighted by Crippen LogP contribution is -2.32. The summed E-state index contributed by atoms with van der Waals surface area (Å²) in [5, 5.41) is 9.81. The smallest absolute Gasteiger partial charge is 0.132 e. The van der Waals surface area contributed by atoms with Crippen LogP contribution in [0.2, 0.25) is 0 Å². The van der Waals surface area contributed by atoms with Crippen molar-refractivity contribution in [2.75, 3.05) is 6.61 Å². The van der Waals surface area contributed by atoms with E-state index in [4.69, 9.17) is 4.74 Å². The first-order chi connectivity index (χ1) is 9.65. The van der Waals surface area contributed by atoms with Gasteiger partial charge in [-0.3, -0.25) is 4.79 Å². The van der Waals surface area contributed by atoms with Gasteiger partial charge in [0.2, 0.25) is 0 Å². The van der Waals surface area contributed by atoms with E-state index in [0.29, 0.717) is 5.78 Å². The van der Waals surface area contributed by atoms with Gasteiger partial charge in [0.1, 0.15) is 5.78 Å². The molecule has 0 saturated heterocycles.